The third-order valence-corrected chi connectivity index (χ3v) is 3.80. The highest BCUT2D eigenvalue weighted by Gasteiger charge is 2.48. The minimum Gasteiger partial charge on any atom is -0.394 e. The lowest BCUT2D eigenvalue weighted by molar-refractivity contribution is -0.346. The largest absolute Gasteiger partial charge is 0.394 e. The van der Waals surface area contributed by atoms with E-state index in [0.717, 1.165) is 0 Å². The van der Waals surface area contributed by atoms with Gasteiger partial charge in [-0.1, -0.05) is 0 Å². The van der Waals surface area contributed by atoms with Crippen LogP contribution in [0.4, 0.5) is 0 Å². The molecule has 2 aliphatic rings. The van der Waals surface area contributed by atoms with Crippen LogP contribution in [0.25, 0.3) is 0 Å². The van der Waals surface area contributed by atoms with E-state index < -0.39 is 61.9 Å². The summed E-state index contributed by atoms with van der Waals surface area (Å²) >= 11 is 0. The van der Waals surface area contributed by atoms with Gasteiger partial charge in [0.15, 0.2) is 12.6 Å². The first-order valence-electron chi connectivity index (χ1n) is 6.87. The van der Waals surface area contributed by atoms with Gasteiger partial charge >= 0.3 is 0 Å². The number of hydrogen-bond donors (Lipinski definition) is 6. The minimum absolute atomic E-state index is 0.282. The molecule has 2 aliphatic heterocycles. The molecule has 10 nitrogen and oxygen atoms in total. The van der Waals surface area contributed by atoms with Gasteiger partial charge in [0.05, 0.1) is 13.2 Å². The summed E-state index contributed by atoms with van der Waals surface area (Å²) in [5.74, 6) is 0. The first-order chi connectivity index (χ1) is 10.4. The van der Waals surface area contributed by atoms with Gasteiger partial charge < -0.3 is 49.6 Å². The van der Waals surface area contributed by atoms with Crippen LogP contribution >= 0.6 is 0 Å². The molecule has 2 heterocycles. The average molecular weight is 326 g/mol. The van der Waals surface area contributed by atoms with E-state index in [1.807, 2.05) is 0 Å². The summed E-state index contributed by atoms with van der Waals surface area (Å²) in [6, 6.07) is 0. The topological polar surface area (TPSA) is 158 Å². The molecule has 0 aromatic rings. The zero-order valence-corrected chi connectivity index (χ0v) is 11.9. The maximum absolute atomic E-state index is 10.1. The normalized spacial score (nSPS) is 50.0. The van der Waals surface area contributed by atoms with E-state index in [0.29, 0.717) is 0 Å². The smallest absolute Gasteiger partial charge is 0.186 e. The molecule has 2 fully saturated rings. The van der Waals surface area contributed by atoms with Crippen molar-refractivity contribution in [2.45, 2.75) is 55.3 Å². The van der Waals surface area contributed by atoms with E-state index in [-0.39, 0.29) is 6.61 Å². The molecular formula is C12H22O10. The Labute approximate surface area is 126 Å². The molecular weight excluding hydrogens is 304 g/mol. The maximum Gasteiger partial charge on any atom is 0.186 e. The number of aliphatic hydroxyl groups excluding tert-OH is 6. The Morgan fingerprint density at radius 1 is 0.955 bits per heavy atom. The van der Waals surface area contributed by atoms with Crippen LogP contribution < -0.4 is 0 Å². The molecule has 0 radical (unpaired) electrons. The first kappa shape index (κ1) is 17.9. The van der Waals surface area contributed by atoms with Gasteiger partial charge in [-0.25, -0.2) is 0 Å². The first-order valence-corrected chi connectivity index (χ1v) is 6.87. The van der Waals surface area contributed by atoms with Crippen LogP contribution in [0.1, 0.15) is 0 Å². The Morgan fingerprint density at radius 2 is 1.64 bits per heavy atom. The number of ether oxygens (including phenoxy) is 4. The lowest BCUT2D eigenvalue weighted by Crippen LogP contribution is -2.63. The van der Waals surface area contributed by atoms with Crippen molar-refractivity contribution in [1.29, 1.82) is 0 Å². The van der Waals surface area contributed by atoms with Crippen LogP contribution in [0, 0.1) is 0 Å². The molecule has 2 saturated heterocycles. The van der Waals surface area contributed by atoms with E-state index in [4.69, 9.17) is 18.9 Å². The quantitative estimate of drug-likeness (QED) is 0.300. The summed E-state index contributed by atoms with van der Waals surface area (Å²) < 4.78 is 20.4. The average Bonchev–Trinajstić information content (AvgIpc) is 2.51. The fourth-order valence-electron chi connectivity index (χ4n) is 2.46. The zero-order valence-electron chi connectivity index (χ0n) is 11.9. The van der Waals surface area contributed by atoms with E-state index >= 15 is 0 Å². The third-order valence-electron chi connectivity index (χ3n) is 3.80. The molecule has 0 unspecified atom stereocenters. The molecule has 2 rings (SSSR count). The molecule has 10 heteroatoms. The summed E-state index contributed by atoms with van der Waals surface area (Å²) in [6.45, 7) is -0.821. The lowest BCUT2D eigenvalue weighted by Gasteiger charge is -2.44. The Kier molecular flexibility index (Phi) is 6.07. The van der Waals surface area contributed by atoms with Gasteiger partial charge in [-0.2, -0.15) is 0 Å². The van der Waals surface area contributed by atoms with Gasteiger partial charge in [-0.05, 0) is 0 Å². The van der Waals surface area contributed by atoms with E-state index in [9.17, 15) is 30.6 Å². The third kappa shape index (κ3) is 3.41. The molecule has 0 aromatic heterocycles. The summed E-state index contributed by atoms with van der Waals surface area (Å²) in [4.78, 5) is 0. The summed E-state index contributed by atoms with van der Waals surface area (Å²) in [6.07, 6.45) is -12.0. The fraction of sp³-hybridized carbons (Fsp3) is 1.00. The highest BCUT2D eigenvalue weighted by Crippen LogP contribution is 2.27. The van der Waals surface area contributed by atoms with Crippen molar-refractivity contribution >= 4 is 0 Å². The molecule has 0 amide bonds. The van der Waals surface area contributed by atoms with Crippen LogP contribution in [0.15, 0.2) is 0 Å². The Morgan fingerprint density at radius 3 is 2.23 bits per heavy atom. The molecule has 6 N–H and O–H groups in total. The molecule has 0 bridgehead atoms. The van der Waals surface area contributed by atoms with Gasteiger partial charge in [-0.15, -0.1) is 0 Å². The summed E-state index contributed by atoms with van der Waals surface area (Å²) in [7, 11) is 1.27. The second-order valence-electron chi connectivity index (χ2n) is 5.29. The number of hydrogen-bond acceptors (Lipinski definition) is 10. The van der Waals surface area contributed by atoms with Crippen LogP contribution in [0.5, 0.6) is 0 Å². The predicted molar refractivity (Wildman–Crippen MR) is 67.4 cm³/mol. The van der Waals surface area contributed by atoms with E-state index in [1.54, 1.807) is 0 Å². The number of rotatable bonds is 4. The Hall–Kier alpha value is -0.400. The van der Waals surface area contributed by atoms with Crippen LogP contribution in [-0.2, 0) is 18.9 Å². The van der Waals surface area contributed by atoms with Crippen LogP contribution in [0.2, 0.25) is 0 Å². The van der Waals surface area contributed by atoms with Gasteiger partial charge in [-0.3, -0.25) is 0 Å². The van der Waals surface area contributed by atoms with Crippen molar-refractivity contribution in [3.63, 3.8) is 0 Å². The SMILES string of the molecule is CO[C@H]1O[C@H](CO)[C@@H](O)[C@H](O[C@H]2OC[C@@H](O)[C@H](O)[C@@H]2O)[C@@H]1O. The number of aliphatic hydroxyl groups is 6. The molecule has 0 aromatic carbocycles. The number of methoxy groups -OCH3 is 1. The Balaban J connectivity index is 2.08. The molecule has 22 heavy (non-hydrogen) atoms. The maximum atomic E-state index is 10.1. The van der Waals surface area contributed by atoms with Gasteiger partial charge in [0.2, 0.25) is 0 Å². The second kappa shape index (κ2) is 7.45. The molecule has 130 valence electrons. The van der Waals surface area contributed by atoms with Crippen molar-refractivity contribution in [3.05, 3.63) is 0 Å². The standard InChI is InChI=1S/C12H22O10/c1-19-11-9(18)10(7(16)5(2-13)21-11)22-12-8(17)6(15)4(14)3-20-12/h4-18H,2-3H2,1H3/t4-,5-,6+,7-,8+,9+,10+,11+,12-/m1/s1. The lowest BCUT2D eigenvalue weighted by atomic mass is 9.98. The summed E-state index contributed by atoms with van der Waals surface area (Å²) in [5, 5.41) is 58.1. The van der Waals surface area contributed by atoms with Gasteiger partial charge in [0.1, 0.15) is 42.7 Å². The van der Waals surface area contributed by atoms with E-state index in [2.05, 4.69) is 0 Å². The van der Waals surface area contributed by atoms with Gasteiger partial charge in [0.25, 0.3) is 0 Å². The predicted octanol–water partition coefficient (Wildman–Crippen LogP) is -4.10. The minimum atomic E-state index is -1.57. The molecule has 0 aliphatic carbocycles. The fourth-order valence-corrected chi connectivity index (χ4v) is 2.46. The van der Waals surface area contributed by atoms with Crippen LogP contribution in [0.3, 0.4) is 0 Å². The van der Waals surface area contributed by atoms with Crippen molar-refractivity contribution in [2.24, 2.45) is 0 Å². The molecule has 0 saturated carbocycles. The van der Waals surface area contributed by atoms with Crippen molar-refractivity contribution < 1.29 is 49.6 Å². The highest BCUT2D eigenvalue weighted by molar-refractivity contribution is 4.92. The monoisotopic (exact) mass is 326 g/mol. The molecule has 0 spiro atoms. The van der Waals surface area contributed by atoms with Crippen molar-refractivity contribution in [1.82, 2.24) is 0 Å². The van der Waals surface area contributed by atoms with Crippen molar-refractivity contribution in [3.8, 4) is 0 Å². The van der Waals surface area contributed by atoms with E-state index in [1.165, 1.54) is 7.11 Å². The van der Waals surface area contributed by atoms with Crippen LogP contribution in [-0.4, -0.2) is 106 Å². The summed E-state index contributed by atoms with van der Waals surface area (Å²) in [5.41, 5.74) is 0. The van der Waals surface area contributed by atoms with Gasteiger partial charge in [0, 0.05) is 7.11 Å². The molecule has 9 atom stereocenters. The van der Waals surface area contributed by atoms with Crippen molar-refractivity contribution in [2.75, 3.05) is 20.3 Å². The zero-order chi connectivity index (χ0) is 16.4. The second-order valence-corrected chi connectivity index (χ2v) is 5.29. The Bertz CT molecular complexity index is 339. The highest BCUT2D eigenvalue weighted by atomic mass is 16.7.